The normalized spacial score (nSPS) is 13.2. The quantitative estimate of drug-likeness (QED) is 0.149. The molecule has 5 heterocycles. The lowest BCUT2D eigenvalue weighted by molar-refractivity contribution is 0.661. The molecule has 0 aliphatic carbocycles. The van der Waals surface area contributed by atoms with Crippen molar-refractivity contribution >= 4 is 125 Å². The zero-order valence-corrected chi connectivity index (χ0v) is 43.3. The summed E-state index contributed by atoms with van der Waals surface area (Å²) in [7, 11) is 0. The highest BCUT2D eigenvalue weighted by atomic mass is 16.3. The summed E-state index contributed by atoms with van der Waals surface area (Å²) in [6.45, 7) is 0. The number of hydrogen-bond donors (Lipinski definition) is 0. The molecule has 0 saturated carbocycles. The van der Waals surface area contributed by atoms with Crippen molar-refractivity contribution in [2.45, 2.75) is 11.8 Å². The average Bonchev–Trinajstić information content (AvgIpc) is 3.75. The van der Waals surface area contributed by atoms with Crippen molar-refractivity contribution < 1.29 is 8.83 Å². The summed E-state index contributed by atoms with van der Waals surface area (Å²) < 4.78 is 18.6. The third-order valence-electron chi connectivity index (χ3n) is 17.6. The molecule has 0 saturated heterocycles. The molecule has 80 heavy (non-hydrogen) atoms. The molecule has 0 aliphatic rings. The van der Waals surface area contributed by atoms with Gasteiger partial charge in [0.05, 0.1) is 27.6 Å². The first-order valence-electron chi connectivity index (χ1n) is 27.7. The van der Waals surface area contributed by atoms with Gasteiger partial charge in [0.15, 0.2) is 0 Å². The number of furan rings is 2. The van der Waals surface area contributed by atoms with Gasteiger partial charge < -0.3 is 17.8 Å². The molecule has 4 nitrogen and oxygen atoms in total. The van der Waals surface area contributed by atoms with Crippen LogP contribution in [0.2, 0.25) is 0 Å². The Hall–Kier alpha value is -10.4. The average molecular weight is 1020 g/mol. The second-order valence-electron chi connectivity index (χ2n) is 21.8. The number of aromatic nitrogens is 2. The van der Waals surface area contributed by atoms with E-state index in [1.54, 1.807) is 0 Å². The Morgan fingerprint density at radius 2 is 0.762 bits per heavy atom. The van der Waals surface area contributed by atoms with Gasteiger partial charge in [-0.1, -0.05) is 206 Å². The van der Waals surface area contributed by atoms with Gasteiger partial charge >= 0.3 is 0 Å². The third kappa shape index (κ3) is 6.16. The maximum Gasteiger partial charge on any atom is 0.139 e. The van der Waals surface area contributed by atoms with E-state index in [4.69, 9.17) is 8.83 Å². The van der Waals surface area contributed by atoms with E-state index >= 15 is 0 Å². The fraction of sp³-hybridized carbons (Fsp3) is 0.0263. The van der Waals surface area contributed by atoms with E-state index in [1.165, 1.54) is 104 Å². The van der Waals surface area contributed by atoms with E-state index in [-0.39, 0.29) is 11.8 Å². The van der Waals surface area contributed by atoms with Gasteiger partial charge in [0.25, 0.3) is 0 Å². The Morgan fingerprint density at radius 3 is 1.35 bits per heavy atom. The molecule has 13 aromatic carbocycles. The van der Waals surface area contributed by atoms with Crippen LogP contribution in [0, 0.1) is 0 Å². The van der Waals surface area contributed by atoms with Gasteiger partial charge in [-0.15, -0.1) is 0 Å². The Morgan fingerprint density at radius 1 is 0.275 bits per heavy atom. The Kier molecular flexibility index (Phi) is 9.03. The zero-order valence-electron chi connectivity index (χ0n) is 43.3. The van der Waals surface area contributed by atoms with E-state index in [0.29, 0.717) is 0 Å². The van der Waals surface area contributed by atoms with E-state index in [9.17, 15) is 0 Å². The molecule has 0 spiro atoms. The van der Waals surface area contributed by atoms with Crippen molar-refractivity contribution in [1.82, 2.24) is 8.97 Å². The van der Waals surface area contributed by atoms with E-state index in [1.807, 2.05) is 0 Å². The minimum atomic E-state index is -0.0720. The lowest BCUT2D eigenvalue weighted by Crippen LogP contribution is -2.04. The van der Waals surface area contributed by atoms with Crippen LogP contribution in [-0.4, -0.2) is 8.97 Å². The van der Waals surface area contributed by atoms with Gasteiger partial charge in [0.2, 0.25) is 0 Å². The third-order valence-corrected chi connectivity index (χ3v) is 17.6. The largest absolute Gasteiger partial charge is 0.456 e. The van der Waals surface area contributed by atoms with Gasteiger partial charge in [-0.25, -0.2) is 0 Å². The highest BCUT2D eigenvalue weighted by Crippen LogP contribution is 2.50. The highest BCUT2D eigenvalue weighted by molar-refractivity contribution is 6.37. The smallest absolute Gasteiger partial charge is 0.139 e. The lowest BCUT2D eigenvalue weighted by atomic mass is 9.83. The molecule has 4 heteroatoms. The lowest BCUT2D eigenvalue weighted by Gasteiger charge is -2.20. The molecule has 0 bridgehead atoms. The predicted molar refractivity (Wildman–Crippen MR) is 333 cm³/mol. The van der Waals surface area contributed by atoms with E-state index in [2.05, 4.69) is 276 Å². The second-order valence-corrected chi connectivity index (χ2v) is 21.8. The van der Waals surface area contributed by atoms with Crippen molar-refractivity contribution in [2.24, 2.45) is 0 Å². The molecular formula is C76H46N2O2. The van der Waals surface area contributed by atoms with Gasteiger partial charge in [0.1, 0.15) is 22.3 Å². The second kappa shape index (κ2) is 16.5. The van der Waals surface area contributed by atoms with Gasteiger partial charge in [-0.2, -0.15) is 0 Å². The topological polar surface area (TPSA) is 35.6 Å². The van der Waals surface area contributed by atoms with Gasteiger partial charge in [0, 0.05) is 82.5 Å². The molecule has 18 rings (SSSR count). The van der Waals surface area contributed by atoms with E-state index in [0.717, 1.165) is 60.7 Å². The Balaban J connectivity index is 0.918. The molecule has 0 aliphatic heterocycles. The number of fused-ring (bicyclic) bond motifs is 18. The molecule has 0 amide bonds. The molecule has 5 aromatic heterocycles. The highest BCUT2D eigenvalue weighted by Gasteiger charge is 2.28. The Labute approximate surface area is 458 Å². The summed E-state index contributed by atoms with van der Waals surface area (Å²) >= 11 is 0. The summed E-state index contributed by atoms with van der Waals surface area (Å²) in [5, 5.41) is 16.9. The molecule has 2 atom stereocenters. The fourth-order valence-electron chi connectivity index (χ4n) is 14.2. The number of para-hydroxylation sites is 6. The van der Waals surface area contributed by atoms with Crippen LogP contribution in [0.15, 0.2) is 276 Å². The van der Waals surface area contributed by atoms with Crippen molar-refractivity contribution in [3.63, 3.8) is 0 Å². The molecule has 2 unspecified atom stereocenters. The minimum absolute atomic E-state index is 0.0689. The van der Waals surface area contributed by atoms with Crippen molar-refractivity contribution in [3.8, 4) is 5.69 Å². The van der Waals surface area contributed by atoms with Crippen LogP contribution in [0.3, 0.4) is 0 Å². The van der Waals surface area contributed by atoms with Crippen LogP contribution in [0.4, 0.5) is 0 Å². The van der Waals surface area contributed by atoms with Gasteiger partial charge in [-0.05, 0) is 104 Å². The first kappa shape index (κ1) is 43.7. The van der Waals surface area contributed by atoms with Gasteiger partial charge in [-0.3, -0.25) is 0 Å². The SMILES string of the molecule is c1ccc(C(c2ccc3cc4c5cc6c(c7ccccc7n6-c6ccccc6)c6c7cc8ccc(C(c9ccccc9)c9cccc%10c9oc9ccccc9%10)cc8cc7n(c4cc3c2)c56)c2cccc3c2oc2ccccc23)cc1. The summed E-state index contributed by atoms with van der Waals surface area (Å²) in [5.74, 6) is -0.141. The number of rotatable bonds is 7. The van der Waals surface area contributed by atoms with Crippen molar-refractivity contribution in [2.75, 3.05) is 0 Å². The molecule has 372 valence electrons. The summed E-state index contributed by atoms with van der Waals surface area (Å²) in [5.41, 5.74) is 18.0. The number of hydrogen-bond acceptors (Lipinski definition) is 2. The van der Waals surface area contributed by atoms with Crippen LogP contribution < -0.4 is 0 Å². The predicted octanol–water partition coefficient (Wildman–Crippen LogP) is 20.4. The van der Waals surface area contributed by atoms with Crippen LogP contribution in [-0.2, 0) is 0 Å². The van der Waals surface area contributed by atoms with Crippen LogP contribution >= 0.6 is 0 Å². The number of benzene rings is 13. The van der Waals surface area contributed by atoms with Crippen molar-refractivity contribution in [1.29, 1.82) is 0 Å². The van der Waals surface area contributed by atoms with E-state index < -0.39 is 0 Å². The maximum atomic E-state index is 6.77. The maximum absolute atomic E-state index is 6.77. The van der Waals surface area contributed by atoms with Crippen molar-refractivity contribution in [3.05, 3.63) is 300 Å². The zero-order chi connectivity index (χ0) is 52.2. The minimum Gasteiger partial charge on any atom is -0.456 e. The summed E-state index contributed by atoms with van der Waals surface area (Å²) in [6.07, 6.45) is 0. The van der Waals surface area contributed by atoms with Crippen LogP contribution in [0.1, 0.15) is 45.2 Å². The summed E-state index contributed by atoms with van der Waals surface area (Å²) in [6, 6.07) is 98.3. The molecule has 0 fully saturated rings. The first-order chi connectivity index (χ1) is 39.7. The monoisotopic (exact) mass is 1020 g/mol. The molecule has 18 aromatic rings. The number of nitrogens with zero attached hydrogens (tertiary/aromatic N) is 2. The fourth-order valence-corrected chi connectivity index (χ4v) is 14.2. The Bertz CT molecular complexity index is 5550. The molecule has 0 radical (unpaired) electrons. The van der Waals surface area contributed by atoms with Crippen LogP contribution in [0.5, 0.6) is 0 Å². The summed E-state index contributed by atoms with van der Waals surface area (Å²) in [4.78, 5) is 0. The van der Waals surface area contributed by atoms with Crippen LogP contribution in [0.25, 0.3) is 131 Å². The first-order valence-corrected chi connectivity index (χ1v) is 27.7. The molecular weight excluding hydrogens is 973 g/mol. The molecule has 0 N–H and O–H groups in total. The standard InChI is InChI=1S/C76H46N2O2/c1-4-18-45(19-5-1)70(59-29-16-27-56-54-24-11-14-32-68(54)79-75(56)59)49-36-34-47-40-61-62-44-67-72(58-26-10-13-31-64(58)77(67)53-22-8-3-9-23-53)73-63-41-48-35-37-50(39-52(48)43-66(63)78(74(62)73)65(61)42-51(47)38-49)71(46-20-6-2-7-21-46)60-30-17-28-57-55-25-12-15-33-69(55)80-76(57)60/h1-44,70-71H.